The van der Waals surface area contributed by atoms with Crippen LogP contribution in [-0.2, 0) is 0 Å². The first-order valence-electron chi connectivity index (χ1n) is 8.63. The quantitative estimate of drug-likeness (QED) is 0.457. The first-order chi connectivity index (χ1) is 13.4. The van der Waals surface area contributed by atoms with Gasteiger partial charge in [0.1, 0.15) is 22.4 Å². The van der Waals surface area contributed by atoms with E-state index in [1.165, 1.54) is 11.5 Å². The molecule has 9 heteroatoms. The van der Waals surface area contributed by atoms with Crippen molar-refractivity contribution in [3.63, 3.8) is 0 Å². The molecule has 0 unspecified atom stereocenters. The predicted octanol–water partition coefficient (Wildman–Crippen LogP) is 3.32. The Balaban J connectivity index is 2.01. The maximum Gasteiger partial charge on any atom is 0.260 e. The van der Waals surface area contributed by atoms with Crippen LogP contribution in [0.2, 0.25) is 0 Å². The number of nitrogens with two attached hydrogens (primary N) is 1. The highest BCUT2D eigenvalue weighted by Crippen LogP contribution is 2.43. The lowest BCUT2D eigenvalue weighted by molar-refractivity contribution is 0.102. The summed E-state index contributed by atoms with van der Waals surface area (Å²) in [6.45, 7) is 5.53. The molecule has 0 fully saturated rings. The SMILES string of the molecule is Cc1nc2c3c(c(N)n(-c4c(C)ccc(O)c4C)c3n1)C(=O)Nc1sncc1-2. The summed E-state index contributed by atoms with van der Waals surface area (Å²) in [6, 6.07) is 3.45. The smallest absolute Gasteiger partial charge is 0.260 e. The first-order valence-corrected chi connectivity index (χ1v) is 9.40. The van der Waals surface area contributed by atoms with E-state index in [4.69, 9.17) is 5.73 Å². The minimum Gasteiger partial charge on any atom is -0.508 e. The van der Waals surface area contributed by atoms with E-state index in [0.717, 1.165) is 11.1 Å². The van der Waals surface area contributed by atoms with Crippen LogP contribution in [0.25, 0.3) is 28.0 Å². The number of nitrogens with one attached hydrogen (secondary N) is 1. The number of carbonyl (C=O) groups is 1. The number of fused-ring (bicyclic) bond motifs is 2. The van der Waals surface area contributed by atoms with E-state index in [9.17, 15) is 9.90 Å². The van der Waals surface area contributed by atoms with Crippen molar-refractivity contribution in [1.29, 1.82) is 0 Å². The molecule has 140 valence electrons. The molecule has 0 saturated carbocycles. The second-order valence-electron chi connectivity index (χ2n) is 6.81. The topological polar surface area (TPSA) is 119 Å². The summed E-state index contributed by atoms with van der Waals surface area (Å²) in [4.78, 5) is 22.2. The van der Waals surface area contributed by atoms with Crippen LogP contribution in [-0.4, -0.2) is 29.9 Å². The molecule has 4 heterocycles. The average Bonchev–Trinajstić information content (AvgIpc) is 3.18. The number of aromatic nitrogens is 4. The van der Waals surface area contributed by atoms with Gasteiger partial charge in [-0.1, -0.05) is 6.07 Å². The highest BCUT2D eigenvalue weighted by atomic mass is 32.1. The predicted molar refractivity (Wildman–Crippen MR) is 108 cm³/mol. The summed E-state index contributed by atoms with van der Waals surface area (Å²) >= 11 is 1.20. The molecule has 1 aromatic carbocycles. The van der Waals surface area contributed by atoms with Gasteiger partial charge in [-0.05, 0) is 43.9 Å². The van der Waals surface area contributed by atoms with Gasteiger partial charge in [-0.15, -0.1) is 0 Å². The Kier molecular flexibility index (Phi) is 3.29. The first kappa shape index (κ1) is 16.7. The van der Waals surface area contributed by atoms with E-state index >= 15 is 0 Å². The number of rotatable bonds is 1. The number of benzene rings is 1. The van der Waals surface area contributed by atoms with E-state index in [1.54, 1.807) is 23.8 Å². The third kappa shape index (κ3) is 2.04. The summed E-state index contributed by atoms with van der Waals surface area (Å²) in [5.41, 5.74) is 11.0. The number of anilines is 2. The number of hydrogen-bond donors (Lipinski definition) is 3. The number of nitrogen functional groups attached to an aromatic ring is 1. The van der Waals surface area contributed by atoms with E-state index in [1.807, 2.05) is 19.9 Å². The summed E-state index contributed by atoms with van der Waals surface area (Å²) < 4.78 is 5.93. The average molecular weight is 392 g/mol. The van der Waals surface area contributed by atoms with Crippen molar-refractivity contribution in [3.05, 3.63) is 40.8 Å². The molecule has 0 atom stereocenters. The van der Waals surface area contributed by atoms with Crippen LogP contribution < -0.4 is 11.1 Å². The third-order valence-electron chi connectivity index (χ3n) is 5.07. The lowest BCUT2D eigenvalue weighted by Crippen LogP contribution is -2.13. The summed E-state index contributed by atoms with van der Waals surface area (Å²) in [5, 5.41) is 14.4. The number of aryl methyl sites for hydroxylation is 2. The van der Waals surface area contributed by atoms with Gasteiger partial charge in [0.05, 0.1) is 34.1 Å². The lowest BCUT2D eigenvalue weighted by atomic mass is 10.1. The molecule has 0 spiro atoms. The number of hydrogen-bond acceptors (Lipinski definition) is 7. The maximum atomic E-state index is 13.0. The van der Waals surface area contributed by atoms with Gasteiger partial charge in [0.25, 0.3) is 5.91 Å². The second-order valence-corrected chi connectivity index (χ2v) is 7.61. The monoisotopic (exact) mass is 392 g/mol. The van der Waals surface area contributed by atoms with Crippen LogP contribution in [0.15, 0.2) is 18.3 Å². The van der Waals surface area contributed by atoms with E-state index in [0.29, 0.717) is 44.4 Å². The molecule has 0 radical (unpaired) electrons. The lowest BCUT2D eigenvalue weighted by Gasteiger charge is -2.16. The largest absolute Gasteiger partial charge is 0.508 e. The number of aromatic hydroxyl groups is 1. The molecular formula is C19H16N6O2S. The van der Waals surface area contributed by atoms with Gasteiger partial charge < -0.3 is 16.2 Å². The molecule has 0 saturated heterocycles. The van der Waals surface area contributed by atoms with Crippen LogP contribution in [0.5, 0.6) is 5.75 Å². The van der Waals surface area contributed by atoms with Crippen LogP contribution in [0.4, 0.5) is 10.8 Å². The van der Waals surface area contributed by atoms with Gasteiger partial charge in [0.2, 0.25) is 0 Å². The van der Waals surface area contributed by atoms with Gasteiger partial charge in [-0.3, -0.25) is 9.36 Å². The second kappa shape index (κ2) is 5.52. The van der Waals surface area contributed by atoms with E-state index < -0.39 is 0 Å². The minimum atomic E-state index is -0.326. The summed E-state index contributed by atoms with van der Waals surface area (Å²) in [6.07, 6.45) is 1.69. The van der Waals surface area contributed by atoms with Crippen molar-refractivity contribution in [3.8, 4) is 22.7 Å². The Hall–Kier alpha value is -3.46. The molecule has 0 bridgehead atoms. The fraction of sp³-hybridized carbons (Fsp3) is 0.158. The molecule has 1 amide bonds. The molecule has 8 nitrogen and oxygen atoms in total. The molecule has 5 rings (SSSR count). The van der Waals surface area contributed by atoms with Gasteiger partial charge in [-0.2, -0.15) is 4.37 Å². The Morgan fingerprint density at radius 3 is 2.79 bits per heavy atom. The van der Waals surface area contributed by atoms with Gasteiger partial charge in [-0.25, -0.2) is 9.97 Å². The minimum absolute atomic E-state index is 0.148. The molecule has 1 aliphatic heterocycles. The fourth-order valence-corrected chi connectivity index (χ4v) is 4.44. The van der Waals surface area contributed by atoms with Crippen molar-refractivity contribution >= 4 is 39.3 Å². The van der Waals surface area contributed by atoms with Crippen LogP contribution in [0.3, 0.4) is 0 Å². The van der Waals surface area contributed by atoms with Gasteiger partial charge in [0, 0.05) is 5.56 Å². The van der Waals surface area contributed by atoms with Crippen LogP contribution in [0.1, 0.15) is 27.3 Å². The van der Waals surface area contributed by atoms with Crippen molar-refractivity contribution < 1.29 is 9.90 Å². The Morgan fingerprint density at radius 1 is 1.21 bits per heavy atom. The highest BCUT2D eigenvalue weighted by molar-refractivity contribution is 7.11. The zero-order chi connectivity index (χ0) is 19.7. The summed E-state index contributed by atoms with van der Waals surface area (Å²) in [5.74, 6) is 0.631. The number of nitrogens with zero attached hydrogens (tertiary/aromatic N) is 4. The third-order valence-corrected chi connectivity index (χ3v) is 5.78. The Labute approximate surface area is 163 Å². The molecule has 3 aromatic heterocycles. The van der Waals surface area contributed by atoms with Crippen LogP contribution in [0, 0.1) is 20.8 Å². The van der Waals surface area contributed by atoms with Crippen LogP contribution >= 0.6 is 11.5 Å². The van der Waals surface area contributed by atoms with E-state index in [-0.39, 0.29) is 17.5 Å². The molecular weight excluding hydrogens is 376 g/mol. The highest BCUT2D eigenvalue weighted by Gasteiger charge is 2.32. The van der Waals surface area contributed by atoms with Crippen molar-refractivity contribution in [2.75, 3.05) is 11.1 Å². The van der Waals surface area contributed by atoms with E-state index in [2.05, 4.69) is 19.7 Å². The molecule has 4 N–H and O–H groups in total. The van der Waals surface area contributed by atoms with Crippen molar-refractivity contribution in [2.45, 2.75) is 20.8 Å². The molecule has 1 aliphatic rings. The number of carbonyl (C=O) groups excluding carboxylic acids is 1. The maximum absolute atomic E-state index is 13.0. The normalized spacial score (nSPS) is 12.8. The number of phenols is 1. The molecule has 28 heavy (non-hydrogen) atoms. The molecule has 0 aliphatic carbocycles. The van der Waals surface area contributed by atoms with Gasteiger partial charge >= 0.3 is 0 Å². The molecule has 4 aromatic rings. The Bertz CT molecular complexity index is 1320. The Morgan fingerprint density at radius 2 is 2.00 bits per heavy atom. The summed E-state index contributed by atoms with van der Waals surface area (Å²) in [7, 11) is 0. The fourth-order valence-electron chi connectivity index (χ4n) is 3.79. The van der Waals surface area contributed by atoms with Gasteiger partial charge in [0.15, 0.2) is 5.65 Å². The van der Waals surface area contributed by atoms with Crippen molar-refractivity contribution in [2.24, 2.45) is 0 Å². The zero-order valence-corrected chi connectivity index (χ0v) is 16.2. The number of phenolic OH excluding ortho intramolecular Hbond substituents is 1. The zero-order valence-electron chi connectivity index (χ0n) is 15.4. The standard InChI is InChI=1S/C19H16N6O2S/c1-7-4-5-11(26)8(2)15(7)25-16(20)13-12-14(22-9(3)23-17(12)25)10-6-21-28-19(10)24-18(13)27/h4-6,26H,20H2,1-3H3,(H,24,27). The number of amides is 1. The van der Waals surface area contributed by atoms with Crippen molar-refractivity contribution in [1.82, 2.24) is 18.9 Å².